The molecular formula is C16H14N2O5S. The first-order valence-corrected chi connectivity index (χ1v) is 8.28. The van der Waals surface area contributed by atoms with Crippen LogP contribution in [-0.2, 0) is 9.84 Å². The van der Waals surface area contributed by atoms with Crippen LogP contribution in [0.3, 0.4) is 0 Å². The van der Waals surface area contributed by atoms with Gasteiger partial charge in [-0.3, -0.25) is 14.9 Å². The number of rotatable bonds is 4. The summed E-state index contributed by atoms with van der Waals surface area (Å²) in [5, 5.41) is 11.3. The van der Waals surface area contributed by atoms with Crippen molar-refractivity contribution in [1.29, 1.82) is 0 Å². The lowest BCUT2D eigenvalue weighted by atomic mass is 10.1. The zero-order chi connectivity index (χ0) is 18.1. The lowest BCUT2D eigenvalue weighted by Gasteiger charge is -2.09. The number of carbonyl (C=O) groups is 1. The summed E-state index contributed by atoms with van der Waals surface area (Å²) in [6.45, 7) is 6.37. The molecule has 24 heavy (non-hydrogen) atoms. The number of hydrogen-bond donors (Lipinski definition) is 0. The van der Waals surface area contributed by atoms with E-state index in [1.165, 1.54) is 19.1 Å². The van der Waals surface area contributed by atoms with Crippen molar-refractivity contribution in [3.05, 3.63) is 63.2 Å². The van der Waals surface area contributed by atoms with Crippen molar-refractivity contribution in [3.8, 4) is 0 Å². The van der Waals surface area contributed by atoms with Gasteiger partial charge < -0.3 is 0 Å². The summed E-state index contributed by atoms with van der Waals surface area (Å²) < 4.78 is 25.5. The lowest BCUT2D eigenvalue weighted by molar-refractivity contribution is -0.387. The van der Waals surface area contributed by atoms with Crippen molar-refractivity contribution >= 4 is 28.1 Å². The van der Waals surface area contributed by atoms with Gasteiger partial charge in [0.25, 0.3) is 11.6 Å². The molecule has 2 aromatic carbocycles. The van der Waals surface area contributed by atoms with Gasteiger partial charge in [-0.25, -0.2) is 13.4 Å². The number of carbonyl (C=O) groups excluding carboxylic acids is 1. The third-order valence-electron chi connectivity index (χ3n) is 3.50. The molecule has 0 atom stereocenters. The van der Waals surface area contributed by atoms with E-state index in [-0.39, 0.29) is 16.0 Å². The van der Waals surface area contributed by atoms with Gasteiger partial charge in [0, 0.05) is 6.07 Å². The summed E-state index contributed by atoms with van der Waals surface area (Å²) in [5.41, 5.74) is 0.397. The van der Waals surface area contributed by atoms with Crippen molar-refractivity contribution in [2.24, 2.45) is 4.99 Å². The molecule has 0 saturated carbocycles. The molecule has 0 N–H and O–H groups in total. The highest BCUT2D eigenvalue weighted by atomic mass is 32.2. The summed E-state index contributed by atoms with van der Waals surface area (Å²) in [4.78, 5) is 24.9. The minimum Gasteiger partial charge on any atom is -0.267 e. The van der Waals surface area contributed by atoms with Gasteiger partial charge in [0.2, 0.25) is 9.84 Å². The summed E-state index contributed by atoms with van der Waals surface area (Å²) in [6, 6.07) is 8.01. The first-order valence-electron chi connectivity index (χ1n) is 6.80. The molecule has 1 amide bonds. The number of sulfone groups is 1. The molecule has 0 heterocycles. The maximum Gasteiger partial charge on any atom is 0.289 e. The molecule has 0 bridgehead atoms. The standard InChI is InChI=1S/C16H14N2O5S/c1-10-4-6-12(7-5-10)24(22,23)15-8-11(2)13(16(19)17-3)9-14(15)18(20)21/h4-9H,3H2,1-2H3. The van der Waals surface area contributed by atoms with E-state index >= 15 is 0 Å². The Labute approximate surface area is 138 Å². The van der Waals surface area contributed by atoms with Gasteiger partial charge in [-0.15, -0.1) is 0 Å². The molecule has 0 aromatic heterocycles. The Morgan fingerprint density at radius 3 is 2.25 bits per heavy atom. The third kappa shape index (κ3) is 3.09. The van der Waals surface area contributed by atoms with E-state index in [0.717, 1.165) is 17.7 Å². The molecule has 0 radical (unpaired) electrons. The van der Waals surface area contributed by atoms with Gasteiger partial charge in [-0.2, -0.15) is 0 Å². The van der Waals surface area contributed by atoms with E-state index in [1.54, 1.807) is 19.1 Å². The van der Waals surface area contributed by atoms with E-state index < -0.39 is 31.3 Å². The van der Waals surface area contributed by atoms with E-state index in [1.807, 2.05) is 0 Å². The minimum atomic E-state index is -4.10. The fourth-order valence-corrected chi connectivity index (χ4v) is 3.68. The molecule has 8 heteroatoms. The highest BCUT2D eigenvalue weighted by molar-refractivity contribution is 7.91. The number of nitrogens with zero attached hydrogens (tertiary/aromatic N) is 2. The van der Waals surface area contributed by atoms with Crippen LogP contribution < -0.4 is 0 Å². The number of nitro groups is 1. The fraction of sp³-hybridized carbons (Fsp3) is 0.125. The first-order chi connectivity index (χ1) is 11.2. The molecule has 0 aliphatic heterocycles. The zero-order valence-electron chi connectivity index (χ0n) is 13.0. The molecule has 0 aliphatic carbocycles. The number of amides is 1. The van der Waals surface area contributed by atoms with Crippen LogP contribution in [0.1, 0.15) is 21.5 Å². The van der Waals surface area contributed by atoms with Crippen LogP contribution in [0.15, 0.2) is 51.2 Å². The topological polar surface area (TPSA) is 107 Å². The van der Waals surface area contributed by atoms with Gasteiger partial charge in [-0.1, -0.05) is 17.7 Å². The van der Waals surface area contributed by atoms with Crippen LogP contribution in [-0.4, -0.2) is 26.0 Å². The number of nitro benzene ring substituents is 1. The van der Waals surface area contributed by atoms with Crippen LogP contribution in [0.2, 0.25) is 0 Å². The fourth-order valence-electron chi connectivity index (χ4n) is 2.19. The third-order valence-corrected chi connectivity index (χ3v) is 5.30. The van der Waals surface area contributed by atoms with Crippen molar-refractivity contribution in [3.63, 3.8) is 0 Å². The first kappa shape index (κ1) is 17.5. The predicted molar refractivity (Wildman–Crippen MR) is 88.3 cm³/mol. The number of benzene rings is 2. The molecule has 2 rings (SSSR count). The van der Waals surface area contributed by atoms with E-state index in [4.69, 9.17) is 0 Å². The second kappa shape index (κ2) is 6.32. The van der Waals surface area contributed by atoms with E-state index in [9.17, 15) is 23.3 Å². The molecule has 0 saturated heterocycles. The van der Waals surface area contributed by atoms with Gasteiger partial charge in [0.15, 0.2) is 0 Å². The van der Waals surface area contributed by atoms with Crippen molar-refractivity contribution < 1.29 is 18.1 Å². The predicted octanol–water partition coefficient (Wildman–Crippen LogP) is 2.89. The van der Waals surface area contributed by atoms with Crippen LogP contribution in [0, 0.1) is 24.0 Å². The Hall–Kier alpha value is -2.87. The molecule has 0 spiro atoms. The Balaban J connectivity index is 2.75. The normalized spacial score (nSPS) is 11.1. The Bertz CT molecular complexity index is 947. The summed E-state index contributed by atoms with van der Waals surface area (Å²) in [7, 11) is -4.10. The van der Waals surface area contributed by atoms with Gasteiger partial charge in [0.1, 0.15) is 4.90 Å². The second-order valence-corrected chi connectivity index (χ2v) is 7.09. The van der Waals surface area contributed by atoms with Crippen molar-refractivity contribution in [2.45, 2.75) is 23.6 Å². The number of hydrogen-bond acceptors (Lipinski definition) is 5. The summed E-state index contributed by atoms with van der Waals surface area (Å²) in [6.07, 6.45) is 0. The Morgan fingerprint density at radius 2 is 1.75 bits per heavy atom. The average molecular weight is 346 g/mol. The van der Waals surface area contributed by atoms with Gasteiger partial charge >= 0.3 is 0 Å². The largest absolute Gasteiger partial charge is 0.289 e. The molecule has 0 fully saturated rings. The van der Waals surface area contributed by atoms with Crippen LogP contribution in [0.5, 0.6) is 0 Å². The zero-order valence-corrected chi connectivity index (χ0v) is 13.8. The van der Waals surface area contributed by atoms with Gasteiger partial charge in [-0.05, 0) is 44.3 Å². The quantitative estimate of drug-likeness (QED) is 0.480. The SMILES string of the molecule is C=NC(=O)c1cc([N+](=O)[O-])c(S(=O)(=O)c2ccc(C)cc2)cc1C. The number of aliphatic imine (C=N–C) groups is 1. The Morgan fingerprint density at radius 1 is 1.17 bits per heavy atom. The maximum absolute atomic E-state index is 12.7. The van der Waals surface area contributed by atoms with Crippen LogP contribution in [0.25, 0.3) is 0 Å². The number of aryl methyl sites for hydroxylation is 2. The minimum absolute atomic E-state index is 0.0560. The van der Waals surface area contributed by atoms with Crippen LogP contribution in [0.4, 0.5) is 5.69 Å². The molecule has 0 unspecified atom stereocenters. The summed E-state index contributed by atoms with van der Waals surface area (Å²) in [5.74, 6) is -0.755. The van der Waals surface area contributed by atoms with E-state index in [2.05, 4.69) is 11.7 Å². The summed E-state index contributed by atoms with van der Waals surface area (Å²) >= 11 is 0. The monoisotopic (exact) mass is 346 g/mol. The van der Waals surface area contributed by atoms with E-state index in [0.29, 0.717) is 0 Å². The van der Waals surface area contributed by atoms with Crippen molar-refractivity contribution in [1.82, 2.24) is 0 Å². The lowest BCUT2D eigenvalue weighted by Crippen LogP contribution is -2.09. The smallest absolute Gasteiger partial charge is 0.267 e. The van der Waals surface area contributed by atoms with Crippen molar-refractivity contribution in [2.75, 3.05) is 0 Å². The molecule has 7 nitrogen and oxygen atoms in total. The second-order valence-electron chi connectivity index (χ2n) is 5.17. The maximum atomic E-state index is 12.7. The average Bonchev–Trinajstić information content (AvgIpc) is 2.54. The molecule has 2 aromatic rings. The molecule has 124 valence electrons. The Kier molecular flexibility index (Phi) is 4.61. The van der Waals surface area contributed by atoms with Crippen LogP contribution >= 0.6 is 0 Å². The van der Waals surface area contributed by atoms with Gasteiger partial charge in [0.05, 0.1) is 15.4 Å². The molecule has 0 aliphatic rings. The highest BCUT2D eigenvalue weighted by Gasteiger charge is 2.30. The molecular weight excluding hydrogens is 332 g/mol. The highest BCUT2D eigenvalue weighted by Crippen LogP contribution is 2.32.